The van der Waals surface area contributed by atoms with Gasteiger partial charge in [-0.05, 0) is 60.5 Å². The van der Waals surface area contributed by atoms with Gasteiger partial charge in [0.1, 0.15) is 0 Å². The summed E-state index contributed by atoms with van der Waals surface area (Å²) in [5, 5.41) is 11.4. The van der Waals surface area contributed by atoms with Crippen LogP contribution in [0.25, 0.3) is 34.2 Å². The van der Waals surface area contributed by atoms with E-state index in [1.54, 1.807) is 30.7 Å². The minimum absolute atomic E-state index is 0.0000353. The van der Waals surface area contributed by atoms with Crippen LogP contribution < -0.4 is 11.1 Å². The van der Waals surface area contributed by atoms with E-state index in [1.807, 2.05) is 42.2 Å². The molecule has 1 saturated heterocycles. The molecule has 1 fully saturated rings. The van der Waals surface area contributed by atoms with Crippen LogP contribution in [0.1, 0.15) is 16.7 Å². The van der Waals surface area contributed by atoms with Crippen molar-refractivity contribution in [2.75, 3.05) is 44.6 Å². The monoisotopic (exact) mass is 615 g/mol. The first kappa shape index (κ1) is 30.3. The number of anilines is 2. The zero-order chi connectivity index (χ0) is 31.4. The van der Waals surface area contributed by atoms with E-state index in [2.05, 4.69) is 35.4 Å². The van der Waals surface area contributed by atoms with E-state index in [-0.39, 0.29) is 29.5 Å². The molecule has 4 heterocycles. The van der Waals surface area contributed by atoms with Gasteiger partial charge in [0, 0.05) is 86.8 Å². The Bertz CT molecular complexity index is 1750. The molecule has 0 spiro atoms. The fourth-order valence-corrected chi connectivity index (χ4v) is 5.27. The van der Waals surface area contributed by atoms with E-state index in [0.29, 0.717) is 42.5 Å². The van der Waals surface area contributed by atoms with Crippen molar-refractivity contribution in [1.82, 2.24) is 34.9 Å². The maximum Gasteiger partial charge on any atom is 0.416 e. The molecule has 0 unspecified atom stereocenters. The maximum absolute atomic E-state index is 14.2. The van der Waals surface area contributed by atoms with Crippen LogP contribution in [0.4, 0.5) is 24.8 Å². The van der Waals surface area contributed by atoms with Gasteiger partial charge >= 0.3 is 6.18 Å². The van der Waals surface area contributed by atoms with Gasteiger partial charge in [0.15, 0.2) is 0 Å². The van der Waals surface area contributed by atoms with Crippen molar-refractivity contribution in [3.63, 3.8) is 0 Å². The van der Waals surface area contributed by atoms with Crippen LogP contribution in [0.5, 0.6) is 0 Å². The molecule has 3 aromatic heterocycles. The molecule has 0 amide bonds. The molecule has 0 bridgehead atoms. The highest BCUT2D eigenvalue weighted by molar-refractivity contribution is 5.69. The minimum Gasteiger partial charge on any atom is -0.416 e. The summed E-state index contributed by atoms with van der Waals surface area (Å²) < 4.78 is 48.4. The lowest BCUT2D eigenvalue weighted by molar-refractivity contribution is -0.138. The molecular formula is C32H32F3N9O. The van der Waals surface area contributed by atoms with Crippen molar-refractivity contribution >= 4 is 11.6 Å². The van der Waals surface area contributed by atoms with Crippen LogP contribution in [-0.2, 0) is 12.7 Å². The third kappa shape index (κ3) is 7.17. The molecule has 0 aliphatic carbocycles. The summed E-state index contributed by atoms with van der Waals surface area (Å²) in [5.74, 6) is 0.561. The van der Waals surface area contributed by atoms with E-state index in [4.69, 9.17) is 10.2 Å². The quantitative estimate of drug-likeness (QED) is 0.223. The van der Waals surface area contributed by atoms with Gasteiger partial charge in [-0.2, -0.15) is 13.2 Å². The van der Waals surface area contributed by atoms with Gasteiger partial charge in [0.25, 0.3) is 0 Å². The van der Waals surface area contributed by atoms with E-state index in [0.717, 1.165) is 36.8 Å². The molecular weight excluding hydrogens is 583 g/mol. The Balaban J connectivity index is 1.21. The third-order valence-corrected chi connectivity index (χ3v) is 7.74. The Kier molecular flexibility index (Phi) is 8.83. The Morgan fingerprint density at radius 3 is 2.33 bits per heavy atom. The lowest BCUT2D eigenvalue weighted by atomic mass is 10.0. The van der Waals surface area contributed by atoms with Crippen molar-refractivity contribution in [1.29, 1.82) is 0 Å². The Morgan fingerprint density at radius 2 is 1.62 bits per heavy atom. The first-order chi connectivity index (χ1) is 21.8. The van der Waals surface area contributed by atoms with Crippen molar-refractivity contribution in [2.45, 2.75) is 19.6 Å². The minimum atomic E-state index is -4.54. The number of nitrogens with zero attached hydrogens (tertiary/aromatic N) is 7. The summed E-state index contributed by atoms with van der Waals surface area (Å²) in [6.45, 7) is 6.41. The summed E-state index contributed by atoms with van der Waals surface area (Å²) in [5.41, 5.74) is 9.12. The summed E-state index contributed by atoms with van der Waals surface area (Å²) >= 11 is 0. The highest BCUT2D eigenvalue weighted by atomic mass is 19.4. The van der Waals surface area contributed by atoms with E-state index >= 15 is 0 Å². The third-order valence-electron chi connectivity index (χ3n) is 7.74. The molecule has 10 nitrogen and oxygen atoms in total. The normalized spacial score (nSPS) is 14.5. The van der Waals surface area contributed by atoms with Crippen LogP contribution in [0, 0.1) is 6.92 Å². The van der Waals surface area contributed by atoms with Gasteiger partial charge in [-0.15, -0.1) is 10.2 Å². The Labute approximate surface area is 258 Å². The standard InChI is InChI=1S/C32H32F3N9O/c1-21-4-5-23(18-28(21)40-31-38-11-8-27(39-31)24-3-2-10-37-19-24)30-42-41-29(45-30)22-6-7-25(26(17-22)32(33,34)35)20-44-15-13-43(12-9-36)14-16-44/h2-8,10-11,17-19H,9,12-16,20,36H2,1H3,(H,38,39,40). The number of halogens is 3. The Hall–Kier alpha value is -4.72. The molecule has 45 heavy (non-hydrogen) atoms. The number of nitrogens with two attached hydrogens (primary N) is 1. The van der Waals surface area contributed by atoms with Crippen LogP contribution in [0.15, 0.2) is 77.6 Å². The number of hydrogen-bond donors (Lipinski definition) is 2. The van der Waals surface area contributed by atoms with E-state index in [9.17, 15) is 13.2 Å². The Morgan fingerprint density at radius 1 is 0.889 bits per heavy atom. The molecule has 1 aliphatic heterocycles. The van der Waals surface area contributed by atoms with Gasteiger partial charge in [0.2, 0.25) is 17.7 Å². The van der Waals surface area contributed by atoms with Gasteiger partial charge < -0.3 is 15.5 Å². The summed E-state index contributed by atoms with van der Waals surface area (Å²) in [6, 6.07) is 15.2. The average molecular weight is 616 g/mol. The maximum atomic E-state index is 14.2. The molecule has 1 aliphatic rings. The molecule has 3 N–H and O–H groups in total. The smallest absolute Gasteiger partial charge is 0.416 e. The van der Waals surface area contributed by atoms with Crippen LogP contribution in [0.3, 0.4) is 0 Å². The number of rotatable bonds is 9. The molecule has 232 valence electrons. The highest BCUT2D eigenvalue weighted by Gasteiger charge is 2.34. The number of pyridine rings is 1. The van der Waals surface area contributed by atoms with E-state index in [1.165, 1.54) is 6.07 Å². The predicted molar refractivity (Wildman–Crippen MR) is 164 cm³/mol. The van der Waals surface area contributed by atoms with Crippen molar-refractivity contribution < 1.29 is 17.6 Å². The molecule has 0 atom stereocenters. The van der Waals surface area contributed by atoms with Crippen molar-refractivity contribution in [3.05, 3.63) is 89.9 Å². The number of benzene rings is 2. The van der Waals surface area contributed by atoms with Crippen LogP contribution in [-0.4, -0.2) is 74.2 Å². The lowest BCUT2D eigenvalue weighted by Crippen LogP contribution is -2.47. The number of aromatic nitrogens is 5. The summed E-state index contributed by atoms with van der Waals surface area (Å²) in [4.78, 5) is 17.3. The SMILES string of the molecule is Cc1ccc(-c2nnc(-c3ccc(CN4CCN(CCN)CC4)c(C(F)(F)F)c3)o2)cc1Nc1nccc(-c2cccnc2)n1. The van der Waals surface area contributed by atoms with Crippen molar-refractivity contribution in [2.24, 2.45) is 5.73 Å². The number of nitrogens with one attached hydrogen (secondary N) is 1. The first-order valence-electron chi connectivity index (χ1n) is 14.6. The van der Waals surface area contributed by atoms with E-state index < -0.39 is 11.7 Å². The summed E-state index contributed by atoms with van der Waals surface area (Å²) in [7, 11) is 0. The van der Waals surface area contributed by atoms with Crippen LogP contribution >= 0.6 is 0 Å². The second-order valence-corrected chi connectivity index (χ2v) is 10.9. The van der Waals surface area contributed by atoms with Gasteiger partial charge in [-0.3, -0.25) is 14.8 Å². The molecule has 6 rings (SSSR count). The zero-order valence-corrected chi connectivity index (χ0v) is 24.6. The van der Waals surface area contributed by atoms with Gasteiger partial charge in [0.05, 0.1) is 11.3 Å². The van der Waals surface area contributed by atoms with Crippen molar-refractivity contribution in [3.8, 4) is 34.2 Å². The van der Waals surface area contributed by atoms with Gasteiger partial charge in [-0.1, -0.05) is 12.1 Å². The molecule has 0 radical (unpaired) electrons. The molecule has 13 heteroatoms. The number of piperazine rings is 1. The number of hydrogen-bond acceptors (Lipinski definition) is 10. The average Bonchev–Trinajstić information content (AvgIpc) is 3.54. The first-order valence-corrected chi connectivity index (χ1v) is 14.6. The van der Waals surface area contributed by atoms with Gasteiger partial charge in [-0.25, -0.2) is 9.97 Å². The second-order valence-electron chi connectivity index (χ2n) is 10.9. The number of aryl methyl sites for hydroxylation is 1. The topological polar surface area (TPSA) is 122 Å². The molecule has 2 aromatic carbocycles. The number of alkyl halides is 3. The van der Waals surface area contributed by atoms with Crippen LogP contribution in [0.2, 0.25) is 0 Å². The predicted octanol–water partition coefficient (Wildman–Crippen LogP) is 5.40. The second kappa shape index (κ2) is 13.1. The fourth-order valence-electron chi connectivity index (χ4n) is 5.27. The highest BCUT2D eigenvalue weighted by Crippen LogP contribution is 2.36. The molecule has 0 saturated carbocycles. The fraction of sp³-hybridized carbons (Fsp3) is 0.281. The zero-order valence-electron chi connectivity index (χ0n) is 24.6. The largest absolute Gasteiger partial charge is 0.416 e. The molecule has 5 aromatic rings. The summed E-state index contributed by atoms with van der Waals surface area (Å²) in [6.07, 6.45) is 0.539. The lowest BCUT2D eigenvalue weighted by Gasteiger charge is -2.34.